The van der Waals surface area contributed by atoms with E-state index >= 15 is 0 Å². The first-order valence-corrected chi connectivity index (χ1v) is 8.93. The van der Waals surface area contributed by atoms with E-state index in [1.807, 2.05) is 24.3 Å². The van der Waals surface area contributed by atoms with Crippen molar-refractivity contribution in [3.8, 4) is 11.5 Å². The summed E-state index contributed by atoms with van der Waals surface area (Å²) >= 11 is 0. The monoisotopic (exact) mass is 355 g/mol. The van der Waals surface area contributed by atoms with Crippen molar-refractivity contribution in [2.24, 2.45) is 4.99 Å². The zero-order valence-corrected chi connectivity index (χ0v) is 15.3. The van der Waals surface area contributed by atoms with E-state index < -0.39 is 6.16 Å². The zero-order valence-electron chi connectivity index (χ0n) is 15.3. The highest BCUT2D eigenvalue weighted by Gasteiger charge is 2.04. The maximum atomic E-state index is 11.2. The van der Waals surface area contributed by atoms with E-state index in [0.717, 1.165) is 30.0 Å². The third-order valence-corrected chi connectivity index (χ3v) is 3.56. The number of ether oxygens (including phenoxy) is 3. The zero-order chi connectivity index (χ0) is 18.6. The van der Waals surface area contributed by atoms with Gasteiger partial charge in [-0.15, -0.1) is 0 Å². The molecule has 0 amide bonds. The van der Waals surface area contributed by atoms with Crippen LogP contribution in [0.25, 0.3) is 0 Å². The number of hydrogen-bond acceptors (Lipinski definition) is 5. The molecule has 0 heterocycles. The normalized spacial score (nSPS) is 10.7. The van der Waals surface area contributed by atoms with Crippen molar-refractivity contribution in [1.29, 1.82) is 0 Å². The summed E-state index contributed by atoms with van der Waals surface area (Å²) in [6, 6.07) is 14.7. The summed E-state index contributed by atoms with van der Waals surface area (Å²) in [5, 5.41) is 0. The summed E-state index contributed by atoms with van der Waals surface area (Å²) in [5.41, 5.74) is 1.75. The minimum absolute atomic E-state index is 0.282. The molecule has 0 atom stereocenters. The third kappa shape index (κ3) is 6.97. The Morgan fingerprint density at radius 3 is 2.31 bits per heavy atom. The van der Waals surface area contributed by atoms with Crippen LogP contribution in [-0.2, 0) is 4.74 Å². The van der Waals surface area contributed by atoms with E-state index in [2.05, 4.69) is 11.9 Å². The molecule has 0 fully saturated rings. The van der Waals surface area contributed by atoms with Crippen LogP contribution in [-0.4, -0.2) is 25.6 Å². The molecule has 0 N–H and O–H groups in total. The van der Waals surface area contributed by atoms with Gasteiger partial charge in [0.2, 0.25) is 0 Å². The molecule has 2 aromatic rings. The molecule has 5 heteroatoms. The summed E-state index contributed by atoms with van der Waals surface area (Å²) in [4.78, 5) is 15.7. The van der Waals surface area contributed by atoms with Crippen molar-refractivity contribution < 1.29 is 19.0 Å². The second kappa shape index (κ2) is 10.9. The lowest BCUT2D eigenvalue weighted by atomic mass is 10.2. The van der Waals surface area contributed by atoms with Gasteiger partial charge in [-0.25, -0.2) is 4.79 Å². The first-order chi connectivity index (χ1) is 12.7. The lowest BCUT2D eigenvalue weighted by Crippen LogP contribution is -2.09. The van der Waals surface area contributed by atoms with Gasteiger partial charge in [0.25, 0.3) is 0 Å². The molecular weight excluding hydrogens is 330 g/mol. The molecule has 0 aliphatic heterocycles. The lowest BCUT2D eigenvalue weighted by Gasteiger charge is -2.05. The van der Waals surface area contributed by atoms with Crippen LogP contribution in [0.2, 0.25) is 0 Å². The van der Waals surface area contributed by atoms with Gasteiger partial charge in [0, 0.05) is 6.21 Å². The highest BCUT2D eigenvalue weighted by Crippen LogP contribution is 2.19. The van der Waals surface area contributed by atoms with Gasteiger partial charge in [0.1, 0.15) is 11.5 Å². The molecule has 0 aliphatic rings. The minimum Gasteiger partial charge on any atom is -0.494 e. The molecule has 2 aromatic carbocycles. The fraction of sp³-hybridized carbons (Fsp3) is 0.333. The van der Waals surface area contributed by atoms with E-state index in [1.165, 1.54) is 12.8 Å². The number of hydrogen-bond donors (Lipinski definition) is 0. The Kier molecular flexibility index (Phi) is 8.19. The Morgan fingerprint density at radius 2 is 1.65 bits per heavy atom. The number of nitrogens with zero attached hydrogens (tertiary/aromatic N) is 1. The van der Waals surface area contributed by atoms with Crippen molar-refractivity contribution in [1.82, 2.24) is 0 Å². The van der Waals surface area contributed by atoms with Crippen LogP contribution in [0.5, 0.6) is 11.5 Å². The van der Waals surface area contributed by atoms with Crippen molar-refractivity contribution in [2.45, 2.75) is 33.1 Å². The molecule has 0 aliphatic carbocycles. The fourth-order valence-corrected chi connectivity index (χ4v) is 2.19. The number of rotatable bonds is 9. The molecule has 138 valence electrons. The standard InChI is InChI=1S/C21H25NO4/c1-3-5-6-15-25-19-11-7-17(8-12-19)16-22-18-9-13-20(14-10-18)26-21(23)24-4-2/h7-14,16H,3-6,15H2,1-2H3. The summed E-state index contributed by atoms with van der Waals surface area (Å²) in [6.07, 6.45) is 4.53. The van der Waals surface area contributed by atoms with E-state index in [9.17, 15) is 4.79 Å². The maximum absolute atomic E-state index is 11.2. The van der Waals surface area contributed by atoms with E-state index in [-0.39, 0.29) is 6.61 Å². The van der Waals surface area contributed by atoms with Gasteiger partial charge in [-0.2, -0.15) is 0 Å². The minimum atomic E-state index is -0.708. The molecule has 0 unspecified atom stereocenters. The second-order valence-corrected chi connectivity index (χ2v) is 5.66. The van der Waals surface area contributed by atoms with Gasteiger partial charge in [0.15, 0.2) is 0 Å². The average molecular weight is 355 g/mol. The number of carbonyl (C=O) groups is 1. The molecule has 26 heavy (non-hydrogen) atoms. The summed E-state index contributed by atoms with van der Waals surface area (Å²) in [5.74, 6) is 1.30. The fourth-order valence-electron chi connectivity index (χ4n) is 2.19. The van der Waals surface area contributed by atoms with E-state index in [4.69, 9.17) is 14.2 Å². The van der Waals surface area contributed by atoms with Gasteiger partial charge in [0.05, 0.1) is 18.9 Å². The van der Waals surface area contributed by atoms with Crippen LogP contribution in [0.4, 0.5) is 10.5 Å². The Bertz CT molecular complexity index is 693. The molecule has 0 radical (unpaired) electrons. The molecule has 0 bridgehead atoms. The van der Waals surface area contributed by atoms with Gasteiger partial charge in [-0.3, -0.25) is 4.99 Å². The highest BCUT2D eigenvalue weighted by molar-refractivity contribution is 5.82. The molecule has 0 spiro atoms. The summed E-state index contributed by atoms with van der Waals surface area (Å²) < 4.78 is 15.4. The first-order valence-electron chi connectivity index (χ1n) is 8.93. The second-order valence-electron chi connectivity index (χ2n) is 5.66. The van der Waals surface area contributed by atoms with Crippen LogP contribution in [0, 0.1) is 0 Å². The smallest absolute Gasteiger partial charge is 0.494 e. The van der Waals surface area contributed by atoms with Gasteiger partial charge >= 0.3 is 6.16 Å². The molecule has 2 rings (SSSR count). The van der Waals surface area contributed by atoms with Gasteiger partial charge < -0.3 is 14.2 Å². The Labute approximate surface area is 154 Å². The molecular formula is C21H25NO4. The highest BCUT2D eigenvalue weighted by atomic mass is 16.7. The lowest BCUT2D eigenvalue weighted by molar-refractivity contribution is 0.104. The van der Waals surface area contributed by atoms with Crippen molar-refractivity contribution >= 4 is 18.1 Å². The predicted octanol–water partition coefficient (Wildman–Crippen LogP) is 5.54. The average Bonchev–Trinajstić information content (AvgIpc) is 2.66. The number of carbonyl (C=O) groups excluding carboxylic acids is 1. The Morgan fingerprint density at radius 1 is 0.962 bits per heavy atom. The number of benzene rings is 2. The van der Waals surface area contributed by atoms with Crippen molar-refractivity contribution in [3.63, 3.8) is 0 Å². The molecule has 5 nitrogen and oxygen atoms in total. The molecule has 0 aromatic heterocycles. The van der Waals surface area contributed by atoms with Crippen LogP contribution in [0.15, 0.2) is 53.5 Å². The largest absolute Gasteiger partial charge is 0.513 e. The van der Waals surface area contributed by atoms with E-state index in [0.29, 0.717) is 5.75 Å². The van der Waals surface area contributed by atoms with Crippen molar-refractivity contribution in [3.05, 3.63) is 54.1 Å². The van der Waals surface area contributed by atoms with Crippen LogP contribution in [0.3, 0.4) is 0 Å². The Hall–Kier alpha value is -2.82. The summed E-state index contributed by atoms with van der Waals surface area (Å²) in [6.45, 7) is 4.94. The number of unbranched alkanes of at least 4 members (excludes halogenated alkanes) is 2. The van der Waals surface area contributed by atoms with Gasteiger partial charge in [-0.05, 0) is 67.4 Å². The topological polar surface area (TPSA) is 57.1 Å². The summed E-state index contributed by atoms with van der Waals surface area (Å²) in [7, 11) is 0. The predicted molar refractivity (Wildman–Crippen MR) is 103 cm³/mol. The van der Waals surface area contributed by atoms with Crippen LogP contribution in [0.1, 0.15) is 38.7 Å². The number of aliphatic imine (C=N–C) groups is 1. The molecule has 0 saturated carbocycles. The molecule has 0 saturated heterocycles. The van der Waals surface area contributed by atoms with Crippen LogP contribution < -0.4 is 9.47 Å². The van der Waals surface area contributed by atoms with Gasteiger partial charge in [-0.1, -0.05) is 19.8 Å². The SMILES string of the molecule is CCCCCOc1ccc(C=Nc2ccc(OC(=O)OCC)cc2)cc1. The Balaban J connectivity index is 1.85. The quantitative estimate of drug-likeness (QED) is 0.256. The third-order valence-electron chi connectivity index (χ3n) is 3.56. The first kappa shape index (κ1) is 19.5. The van der Waals surface area contributed by atoms with E-state index in [1.54, 1.807) is 37.4 Å². The van der Waals surface area contributed by atoms with Crippen LogP contribution >= 0.6 is 0 Å². The van der Waals surface area contributed by atoms with Crippen molar-refractivity contribution in [2.75, 3.05) is 13.2 Å². The maximum Gasteiger partial charge on any atom is 0.513 e.